The van der Waals surface area contributed by atoms with Gasteiger partial charge in [0.15, 0.2) is 0 Å². The molecule has 1 atom stereocenters. The Morgan fingerprint density at radius 3 is 2.81 bits per heavy atom. The van der Waals surface area contributed by atoms with E-state index >= 15 is 0 Å². The first kappa shape index (κ1) is 10.4. The van der Waals surface area contributed by atoms with Crippen molar-refractivity contribution >= 4 is 0 Å². The first-order valence-corrected chi connectivity index (χ1v) is 5.21. The minimum atomic E-state index is 0.182. The second kappa shape index (κ2) is 4.19. The summed E-state index contributed by atoms with van der Waals surface area (Å²) in [6.07, 6.45) is 3.56. The molecule has 2 aromatic rings. The molecular formula is C13H13N3. The van der Waals surface area contributed by atoms with Gasteiger partial charge in [-0.3, -0.25) is 0 Å². The van der Waals surface area contributed by atoms with Gasteiger partial charge in [0.1, 0.15) is 5.82 Å². The molecule has 1 heterocycles. The fourth-order valence-corrected chi connectivity index (χ4v) is 1.80. The second-order valence-corrected chi connectivity index (χ2v) is 3.94. The quantitative estimate of drug-likeness (QED) is 0.830. The highest BCUT2D eigenvalue weighted by atomic mass is 14.9. The SMILES string of the molecule is Cc1cc(C#N)cc([C@@H](C)c2ncc[nH]2)c1. The van der Waals surface area contributed by atoms with Gasteiger partial charge in [0, 0.05) is 18.3 Å². The van der Waals surface area contributed by atoms with Crippen molar-refractivity contribution in [3.63, 3.8) is 0 Å². The second-order valence-electron chi connectivity index (χ2n) is 3.94. The van der Waals surface area contributed by atoms with Crippen LogP contribution in [0.3, 0.4) is 0 Å². The molecule has 1 aromatic heterocycles. The normalized spacial score (nSPS) is 12.1. The molecule has 0 saturated heterocycles. The molecule has 1 aromatic carbocycles. The summed E-state index contributed by atoms with van der Waals surface area (Å²) in [6.45, 7) is 4.08. The van der Waals surface area contributed by atoms with Gasteiger partial charge in [-0.25, -0.2) is 4.98 Å². The van der Waals surface area contributed by atoms with Crippen LogP contribution in [0, 0.1) is 18.3 Å². The number of aromatic amines is 1. The third-order valence-electron chi connectivity index (χ3n) is 2.66. The van der Waals surface area contributed by atoms with E-state index < -0.39 is 0 Å². The number of imidazole rings is 1. The van der Waals surface area contributed by atoms with Gasteiger partial charge < -0.3 is 4.98 Å². The predicted octanol–water partition coefficient (Wildman–Crippen LogP) is 2.74. The van der Waals surface area contributed by atoms with Crippen LogP contribution in [0.1, 0.15) is 35.4 Å². The van der Waals surface area contributed by atoms with Crippen LogP contribution in [0.15, 0.2) is 30.6 Å². The number of aromatic nitrogens is 2. The summed E-state index contributed by atoms with van der Waals surface area (Å²) in [5, 5.41) is 8.93. The summed E-state index contributed by atoms with van der Waals surface area (Å²) in [4.78, 5) is 7.34. The monoisotopic (exact) mass is 211 g/mol. The van der Waals surface area contributed by atoms with Crippen LogP contribution in [-0.4, -0.2) is 9.97 Å². The molecule has 0 radical (unpaired) electrons. The fourth-order valence-electron chi connectivity index (χ4n) is 1.80. The van der Waals surface area contributed by atoms with Crippen LogP contribution in [0.2, 0.25) is 0 Å². The molecule has 0 spiro atoms. The molecular weight excluding hydrogens is 198 g/mol. The van der Waals surface area contributed by atoms with Crippen molar-refractivity contribution in [2.75, 3.05) is 0 Å². The topological polar surface area (TPSA) is 52.5 Å². The van der Waals surface area contributed by atoms with Gasteiger partial charge in [0.25, 0.3) is 0 Å². The molecule has 16 heavy (non-hydrogen) atoms. The number of hydrogen-bond donors (Lipinski definition) is 1. The maximum atomic E-state index is 8.93. The first-order chi connectivity index (χ1) is 7.70. The number of nitrogens with zero attached hydrogens (tertiary/aromatic N) is 2. The number of hydrogen-bond acceptors (Lipinski definition) is 2. The molecule has 0 aliphatic rings. The Balaban J connectivity index is 2.41. The van der Waals surface area contributed by atoms with Crippen molar-refractivity contribution in [1.82, 2.24) is 9.97 Å². The number of nitrogens with one attached hydrogen (secondary N) is 1. The zero-order valence-electron chi connectivity index (χ0n) is 9.36. The Kier molecular flexibility index (Phi) is 2.74. The Morgan fingerprint density at radius 1 is 1.38 bits per heavy atom. The van der Waals surface area contributed by atoms with E-state index in [1.807, 2.05) is 25.3 Å². The lowest BCUT2D eigenvalue weighted by Gasteiger charge is -2.10. The van der Waals surface area contributed by atoms with Crippen molar-refractivity contribution in [2.45, 2.75) is 19.8 Å². The third kappa shape index (κ3) is 1.96. The molecule has 0 aliphatic carbocycles. The minimum absolute atomic E-state index is 0.182. The molecule has 2 rings (SSSR count). The van der Waals surface area contributed by atoms with Crippen molar-refractivity contribution in [1.29, 1.82) is 5.26 Å². The molecule has 0 saturated carbocycles. The van der Waals surface area contributed by atoms with Gasteiger partial charge in [-0.15, -0.1) is 0 Å². The lowest BCUT2D eigenvalue weighted by molar-refractivity contribution is 0.838. The van der Waals surface area contributed by atoms with Crippen LogP contribution >= 0.6 is 0 Å². The molecule has 3 nitrogen and oxygen atoms in total. The van der Waals surface area contributed by atoms with Crippen molar-refractivity contribution in [3.05, 3.63) is 53.1 Å². The van der Waals surface area contributed by atoms with Crippen LogP contribution in [0.25, 0.3) is 0 Å². The Bertz CT molecular complexity index is 521. The Labute approximate surface area is 94.8 Å². The summed E-state index contributed by atoms with van der Waals surface area (Å²) in [5.74, 6) is 1.11. The molecule has 0 fully saturated rings. The standard InChI is InChI=1S/C13H13N3/c1-9-5-11(8-14)7-12(6-9)10(2)13-15-3-4-16-13/h3-7,10H,1-2H3,(H,15,16)/t10-/m1/s1. The van der Waals surface area contributed by atoms with Gasteiger partial charge in [-0.2, -0.15) is 5.26 Å². The van der Waals surface area contributed by atoms with Crippen LogP contribution in [-0.2, 0) is 0 Å². The summed E-state index contributed by atoms with van der Waals surface area (Å²) in [5.41, 5.74) is 2.92. The van der Waals surface area contributed by atoms with Gasteiger partial charge in [0.2, 0.25) is 0 Å². The molecule has 0 unspecified atom stereocenters. The number of H-pyrrole nitrogens is 1. The zero-order valence-corrected chi connectivity index (χ0v) is 9.36. The summed E-state index contributed by atoms with van der Waals surface area (Å²) in [7, 11) is 0. The lowest BCUT2D eigenvalue weighted by atomic mass is 9.96. The van der Waals surface area contributed by atoms with Crippen LogP contribution in [0.5, 0.6) is 0 Å². The maximum Gasteiger partial charge on any atom is 0.113 e. The first-order valence-electron chi connectivity index (χ1n) is 5.21. The maximum absolute atomic E-state index is 8.93. The van der Waals surface area contributed by atoms with Crippen LogP contribution in [0.4, 0.5) is 0 Å². The highest BCUT2D eigenvalue weighted by molar-refractivity contribution is 5.39. The van der Waals surface area contributed by atoms with Crippen LogP contribution < -0.4 is 0 Å². The van der Waals surface area contributed by atoms with Crippen molar-refractivity contribution in [3.8, 4) is 6.07 Å². The van der Waals surface area contributed by atoms with Gasteiger partial charge in [-0.05, 0) is 30.2 Å². The largest absolute Gasteiger partial charge is 0.348 e. The highest BCUT2D eigenvalue weighted by Crippen LogP contribution is 2.23. The van der Waals surface area contributed by atoms with E-state index in [2.05, 4.69) is 29.0 Å². The molecule has 3 heteroatoms. The van der Waals surface area contributed by atoms with E-state index in [1.54, 1.807) is 6.20 Å². The lowest BCUT2D eigenvalue weighted by Crippen LogP contribution is -1.99. The Morgan fingerprint density at radius 2 is 2.19 bits per heavy atom. The van der Waals surface area contributed by atoms with E-state index in [1.165, 1.54) is 0 Å². The molecule has 0 bridgehead atoms. The van der Waals surface area contributed by atoms with Crippen molar-refractivity contribution in [2.24, 2.45) is 0 Å². The zero-order chi connectivity index (χ0) is 11.5. The molecule has 0 aliphatic heterocycles. The summed E-state index contributed by atoms with van der Waals surface area (Å²) >= 11 is 0. The van der Waals surface area contributed by atoms with Gasteiger partial charge in [-0.1, -0.05) is 13.0 Å². The third-order valence-corrected chi connectivity index (χ3v) is 2.66. The van der Waals surface area contributed by atoms with Gasteiger partial charge in [0.05, 0.1) is 11.6 Å². The Hall–Kier alpha value is -2.08. The average Bonchev–Trinajstić information content (AvgIpc) is 2.80. The van der Waals surface area contributed by atoms with Crippen molar-refractivity contribution < 1.29 is 0 Å². The fraction of sp³-hybridized carbons (Fsp3) is 0.231. The molecule has 1 N–H and O–H groups in total. The molecule has 80 valence electrons. The number of rotatable bonds is 2. The van der Waals surface area contributed by atoms with E-state index in [9.17, 15) is 0 Å². The molecule has 0 amide bonds. The minimum Gasteiger partial charge on any atom is -0.348 e. The summed E-state index contributed by atoms with van der Waals surface area (Å²) in [6, 6.07) is 8.07. The predicted molar refractivity (Wildman–Crippen MR) is 62.0 cm³/mol. The number of nitriles is 1. The summed E-state index contributed by atoms with van der Waals surface area (Å²) < 4.78 is 0. The average molecular weight is 211 g/mol. The van der Waals surface area contributed by atoms with E-state index in [4.69, 9.17) is 5.26 Å². The van der Waals surface area contributed by atoms with Gasteiger partial charge >= 0.3 is 0 Å². The highest BCUT2D eigenvalue weighted by Gasteiger charge is 2.11. The smallest absolute Gasteiger partial charge is 0.113 e. The number of aryl methyl sites for hydroxylation is 1. The number of benzene rings is 1. The van der Waals surface area contributed by atoms with E-state index in [-0.39, 0.29) is 5.92 Å². The van der Waals surface area contributed by atoms with E-state index in [0.717, 1.165) is 17.0 Å². The van der Waals surface area contributed by atoms with E-state index in [0.29, 0.717) is 5.56 Å².